The lowest BCUT2D eigenvalue weighted by atomic mass is 10.1. The molecule has 8 nitrogen and oxygen atoms in total. The number of benzene rings is 1. The summed E-state index contributed by atoms with van der Waals surface area (Å²) in [6.07, 6.45) is 6.42. The fraction of sp³-hybridized carbons (Fsp3) is 0.476. The second kappa shape index (κ2) is 9.82. The zero-order valence-corrected chi connectivity index (χ0v) is 19.7. The number of ether oxygens (including phenoxy) is 1. The Kier molecular flexibility index (Phi) is 7.38. The first kappa shape index (κ1) is 23.3. The van der Waals surface area contributed by atoms with E-state index in [1.54, 1.807) is 34.1 Å². The molecule has 168 valence electrons. The van der Waals surface area contributed by atoms with Gasteiger partial charge >= 0.3 is 6.09 Å². The van der Waals surface area contributed by atoms with Gasteiger partial charge in [0.15, 0.2) is 0 Å². The second-order valence-electron chi connectivity index (χ2n) is 8.40. The van der Waals surface area contributed by atoms with Crippen LogP contribution in [0.2, 0.25) is 5.02 Å². The molecule has 1 fully saturated rings. The number of likely N-dealkylation sites (tertiary alicyclic amines) is 1. The summed E-state index contributed by atoms with van der Waals surface area (Å²) < 4.78 is 10.3. The van der Waals surface area contributed by atoms with Gasteiger partial charge in [-0.1, -0.05) is 23.5 Å². The molecule has 31 heavy (non-hydrogen) atoms. The predicted octanol–water partition coefficient (Wildman–Crippen LogP) is 5.05. The topological polar surface area (TPSA) is 88.5 Å². The number of piperidine rings is 1. The van der Waals surface area contributed by atoms with Crippen molar-refractivity contribution in [2.45, 2.75) is 45.3 Å². The number of anilines is 2. The molecule has 0 atom stereocenters. The number of halogens is 1. The minimum Gasteiger partial charge on any atom is -0.444 e. The molecule has 3 rings (SSSR count). The van der Waals surface area contributed by atoms with Gasteiger partial charge in [0, 0.05) is 41.9 Å². The first-order valence-corrected chi connectivity index (χ1v) is 11.7. The Balaban J connectivity index is 1.58. The van der Waals surface area contributed by atoms with Crippen LogP contribution in [-0.2, 0) is 4.74 Å². The summed E-state index contributed by atoms with van der Waals surface area (Å²) >= 11 is 7.58. The van der Waals surface area contributed by atoms with E-state index in [4.69, 9.17) is 16.3 Å². The van der Waals surface area contributed by atoms with Crippen molar-refractivity contribution >= 4 is 46.9 Å². The molecule has 1 aliphatic rings. The van der Waals surface area contributed by atoms with Crippen molar-refractivity contribution in [3.8, 4) is 0 Å². The van der Waals surface area contributed by atoms with Crippen LogP contribution >= 0.6 is 23.5 Å². The Morgan fingerprint density at radius 3 is 2.52 bits per heavy atom. The zero-order valence-electron chi connectivity index (χ0n) is 18.1. The van der Waals surface area contributed by atoms with Gasteiger partial charge in [-0.3, -0.25) is 9.48 Å². The van der Waals surface area contributed by atoms with Gasteiger partial charge in [-0.15, -0.1) is 0 Å². The number of rotatable bonds is 5. The van der Waals surface area contributed by atoms with Gasteiger partial charge < -0.3 is 19.7 Å². The lowest BCUT2D eigenvalue weighted by Crippen LogP contribution is -2.42. The van der Waals surface area contributed by atoms with Crippen molar-refractivity contribution in [2.24, 2.45) is 0 Å². The average molecular weight is 466 g/mol. The lowest BCUT2D eigenvalue weighted by Gasteiger charge is -2.33. The third-order valence-corrected chi connectivity index (χ3v) is 5.39. The van der Waals surface area contributed by atoms with Crippen molar-refractivity contribution in [1.29, 1.82) is 0 Å². The van der Waals surface area contributed by atoms with Gasteiger partial charge in [0.1, 0.15) is 5.60 Å². The Bertz CT molecular complexity index is 935. The average Bonchev–Trinajstić information content (AvgIpc) is 3.17. The van der Waals surface area contributed by atoms with Crippen LogP contribution in [0.5, 0.6) is 0 Å². The fourth-order valence-electron chi connectivity index (χ4n) is 3.34. The van der Waals surface area contributed by atoms with Crippen LogP contribution in [0, 0.1) is 0 Å². The molecule has 2 aromatic rings. The molecule has 2 heterocycles. The standard InChI is InChI=1S/C21H28ClN5O3S/c1-21(2,3)30-20(29)26-7-5-18(6-8-26)27-13-14(12-23-27)19(28)24-16-9-15(22)10-17(11-16)25-31-4/h9-13,18,25H,5-8H2,1-4H3,(H,24,28). The quantitative estimate of drug-likeness (QED) is 0.600. The van der Waals surface area contributed by atoms with E-state index in [2.05, 4.69) is 15.1 Å². The fourth-order valence-corrected chi connectivity index (χ4v) is 3.92. The van der Waals surface area contributed by atoms with Crippen molar-refractivity contribution in [2.75, 3.05) is 29.4 Å². The van der Waals surface area contributed by atoms with Crippen LogP contribution < -0.4 is 10.0 Å². The minimum atomic E-state index is -0.507. The van der Waals surface area contributed by atoms with Gasteiger partial charge in [0.2, 0.25) is 0 Å². The molecular formula is C21H28ClN5O3S. The Labute approximate surface area is 191 Å². The summed E-state index contributed by atoms with van der Waals surface area (Å²) in [7, 11) is 0. The predicted molar refractivity (Wildman–Crippen MR) is 125 cm³/mol. The van der Waals surface area contributed by atoms with Crippen molar-refractivity contribution in [3.63, 3.8) is 0 Å². The third kappa shape index (κ3) is 6.54. The summed E-state index contributed by atoms with van der Waals surface area (Å²) in [6.45, 7) is 6.76. The third-order valence-electron chi connectivity index (χ3n) is 4.73. The molecule has 0 aliphatic carbocycles. The molecule has 2 N–H and O–H groups in total. The van der Waals surface area contributed by atoms with E-state index >= 15 is 0 Å². The lowest BCUT2D eigenvalue weighted by molar-refractivity contribution is 0.0184. The molecule has 2 amide bonds. The van der Waals surface area contributed by atoms with E-state index < -0.39 is 5.60 Å². The number of carbonyl (C=O) groups is 2. The zero-order chi connectivity index (χ0) is 22.6. The largest absolute Gasteiger partial charge is 0.444 e. The monoisotopic (exact) mass is 465 g/mol. The van der Waals surface area contributed by atoms with E-state index in [0.29, 0.717) is 29.4 Å². The molecule has 0 unspecified atom stereocenters. The molecule has 0 bridgehead atoms. The van der Waals surface area contributed by atoms with Crippen LogP contribution in [0.25, 0.3) is 0 Å². The number of aromatic nitrogens is 2. The molecule has 1 aromatic heterocycles. The van der Waals surface area contributed by atoms with Crippen LogP contribution in [0.1, 0.15) is 50.0 Å². The molecule has 1 aromatic carbocycles. The highest BCUT2D eigenvalue weighted by Gasteiger charge is 2.28. The number of nitrogens with zero attached hydrogens (tertiary/aromatic N) is 3. The summed E-state index contributed by atoms with van der Waals surface area (Å²) in [4.78, 5) is 26.6. The summed E-state index contributed by atoms with van der Waals surface area (Å²) in [5.74, 6) is -0.255. The summed E-state index contributed by atoms with van der Waals surface area (Å²) in [6, 6.07) is 5.43. The maximum Gasteiger partial charge on any atom is 0.410 e. The SMILES string of the molecule is CSNc1cc(Cl)cc(NC(=O)c2cnn(C3CCN(C(=O)OC(C)(C)C)CC3)c2)c1. The van der Waals surface area contributed by atoms with E-state index in [0.717, 1.165) is 18.5 Å². The molecule has 0 saturated carbocycles. The molecular weight excluding hydrogens is 438 g/mol. The van der Waals surface area contributed by atoms with Gasteiger partial charge in [-0.05, 0) is 51.8 Å². The van der Waals surface area contributed by atoms with Crippen molar-refractivity contribution in [1.82, 2.24) is 14.7 Å². The van der Waals surface area contributed by atoms with E-state index in [9.17, 15) is 9.59 Å². The number of carbonyl (C=O) groups excluding carboxylic acids is 2. The number of amides is 2. The number of nitrogens with one attached hydrogen (secondary N) is 2. The Hall–Kier alpha value is -2.39. The molecule has 0 radical (unpaired) electrons. The van der Waals surface area contributed by atoms with Gasteiger partial charge in [0.05, 0.1) is 17.8 Å². The van der Waals surface area contributed by atoms with Crippen LogP contribution in [0.3, 0.4) is 0 Å². The highest BCUT2D eigenvalue weighted by molar-refractivity contribution is 7.99. The van der Waals surface area contributed by atoms with Gasteiger partial charge in [-0.25, -0.2) is 4.79 Å². The first-order valence-electron chi connectivity index (χ1n) is 10.1. The summed E-state index contributed by atoms with van der Waals surface area (Å²) in [5, 5.41) is 7.77. The van der Waals surface area contributed by atoms with E-state index in [1.807, 2.05) is 33.1 Å². The summed E-state index contributed by atoms with van der Waals surface area (Å²) in [5.41, 5.74) is 1.37. The highest BCUT2D eigenvalue weighted by Crippen LogP contribution is 2.26. The maximum atomic E-state index is 12.7. The smallest absolute Gasteiger partial charge is 0.410 e. The molecule has 10 heteroatoms. The van der Waals surface area contributed by atoms with E-state index in [1.165, 1.54) is 11.9 Å². The molecule has 0 spiro atoms. The van der Waals surface area contributed by atoms with Crippen molar-refractivity contribution < 1.29 is 14.3 Å². The number of hydrogen-bond acceptors (Lipinski definition) is 6. The van der Waals surface area contributed by atoms with Crippen molar-refractivity contribution in [3.05, 3.63) is 41.2 Å². The van der Waals surface area contributed by atoms with E-state index in [-0.39, 0.29) is 18.0 Å². The second-order valence-corrected chi connectivity index (χ2v) is 9.45. The maximum absolute atomic E-state index is 12.7. The molecule has 1 aliphatic heterocycles. The van der Waals surface area contributed by atoms with Gasteiger partial charge in [0.25, 0.3) is 5.91 Å². The van der Waals surface area contributed by atoms with Crippen LogP contribution in [0.15, 0.2) is 30.6 Å². The minimum absolute atomic E-state index is 0.129. The number of hydrogen-bond donors (Lipinski definition) is 2. The Morgan fingerprint density at radius 1 is 1.19 bits per heavy atom. The highest BCUT2D eigenvalue weighted by atomic mass is 35.5. The first-order chi connectivity index (χ1) is 14.6. The Morgan fingerprint density at radius 2 is 1.87 bits per heavy atom. The van der Waals surface area contributed by atoms with Crippen LogP contribution in [-0.4, -0.2) is 51.6 Å². The normalized spacial score (nSPS) is 14.9. The van der Waals surface area contributed by atoms with Gasteiger partial charge in [-0.2, -0.15) is 5.10 Å². The molecule has 1 saturated heterocycles. The van der Waals surface area contributed by atoms with Crippen LogP contribution in [0.4, 0.5) is 16.2 Å².